The summed E-state index contributed by atoms with van der Waals surface area (Å²) in [5.41, 5.74) is 9.66. The number of rotatable bonds is 3. The Labute approximate surface area is 169 Å². The number of benzene rings is 1. The molecule has 0 saturated carbocycles. The highest BCUT2D eigenvalue weighted by Gasteiger charge is 2.35. The average Bonchev–Trinajstić information content (AvgIpc) is 2.70. The van der Waals surface area contributed by atoms with E-state index in [1.54, 1.807) is 0 Å². The molecule has 4 N–H and O–H groups in total. The standard InChI is InChI=1S/C21H26N6O2/c1-12-6-7-14(10-13(12)2)23-20(29)15-11-16(28)24-19-17(15)18(22)25-21(26-19)27-8-4-3-5-9-27/h6-7,10,15H,3-5,8-9,11H2,1-2H3,(H,23,29)(H3,22,24,25,26,28)/t15-/m0/s1. The SMILES string of the molecule is Cc1ccc(NC(=O)[C@H]2CC(=O)Nc3nc(N4CCCCC4)nc(N)c32)cc1C. The number of aryl methyl sites for hydroxylation is 2. The van der Waals surface area contributed by atoms with Crippen LogP contribution >= 0.6 is 0 Å². The van der Waals surface area contributed by atoms with Crippen LogP contribution in [0.15, 0.2) is 18.2 Å². The number of nitrogens with zero attached hydrogens (tertiary/aromatic N) is 3. The molecular weight excluding hydrogens is 368 g/mol. The van der Waals surface area contributed by atoms with Gasteiger partial charge in [0, 0.05) is 25.2 Å². The predicted molar refractivity (Wildman–Crippen MR) is 113 cm³/mol. The van der Waals surface area contributed by atoms with Crippen molar-refractivity contribution in [2.75, 3.05) is 34.4 Å². The maximum Gasteiger partial charge on any atom is 0.232 e. The molecule has 1 fully saturated rings. The molecule has 29 heavy (non-hydrogen) atoms. The van der Waals surface area contributed by atoms with Crippen molar-refractivity contribution in [3.8, 4) is 0 Å². The van der Waals surface area contributed by atoms with Crippen LogP contribution in [-0.2, 0) is 9.59 Å². The van der Waals surface area contributed by atoms with Gasteiger partial charge in [-0.15, -0.1) is 0 Å². The molecule has 0 spiro atoms. The third-order valence-corrected chi connectivity index (χ3v) is 5.69. The van der Waals surface area contributed by atoms with Crippen molar-refractivity contribution in [3.63, 3.8) is 0 Å². The number of fused-ring (bicyclic) bond motifs is 1. The van der Waals surface area contributed by atoms with Crippen molar-refractivity contribution < 1.29 is 9.59 Å². The lowest BCUT2D eigenvalue weighted by atomic mass is 9.91. The first-order chi connectivity index (χ1) is 13.9. The molecular formula is C21H26N6O2. The fourth-order valence-electron chi connectivity index (χ4n) is 3.89. The van der Waals surface area contributed by atoms with Gasteiger partial charge in [-0.1, -0.05) is 6.07 Å². The van der Waals surface area contributed by atoms with Gasteiger partial charge in [-0.25, -0.2) is 0 Å². The molecule has 0 bridgehead atoms. The van der Waals surface area contributed by atoms with Gasteiger partial charge >= 0.3 is 0 Å². The molecule has 152 valence electrons. The van der Waals surface area contributed by atoms with Gasteiger partial charge in [-0.2, -0.15) is 9.97 Å². The molecule has 8 nitrogen and oxygen atoms in total. The smallest absolute Gasteiger partial charge is 0.232 e. The van der Waals surface area contributed by atoms with E-state index in [2.05, 4.69) is 25.5 Å². The summed E-state index contributed by atoms with van der Waals surface area (Å²) in [6.45, 7) is 5.73. The number of nitrogens with two attached hydrogens (primary N) is 1. The number of hydrogen-bond donors (Lipinski definition) is 3. The summed E-state index contributed by atoms with van der Waals surface area (Å²) in [6.07, 6.45) is 3.36. The first kappa shape index (κ1) is 19.2. The number of carbonyl (C=O) groups is 2. The highest BCUT2D eigenvalue weighted by atomic mass is 16.2. The summed E-state index contributed by atoms with van der Waals surface area (Å²) in [6, 6.07) is 5.72. The minimum absolute atomic E-state index is 0.0142. The van der Waals surface area contributed by atoms with Crippen molar-refractivity contribution in [2.24, 2.45) is 0 Å². The fraction of sp³-hybridized carbons (Fsp3) is 0.429. The molecule has 1 aromatic carbocycles. The van der Waals surface area contributed by atoms with Crippen molar-refractivity contribution >= 4 is 35.1 Å². The van der Waals surface area contributed by atoms with Crippen molar-refractivity contribution in [1.82, 2.24) is 9.97 Å². The number of hydrogen-bond acceptors (Lipinski definition) is 6. The number of anilines is 4. The molecule has 1 saturated heterocycles. The van der Waals surface area contributed by atoms with Crippen LogP contribution in [0, 0.1) is 13.8 Å². The summed E-state index contributed by atoms with van der Waals surface area (Å²) < 4.78 is 0. The second-order valence-corrected chi connectivity index (χ2v) is 7.81. The van der Waals surface area contributed by atoms with Crippen LogP contribution in [0.3, 0.4) is 0 Å². The normalized spacial score (nSPS) is 18.8. The monoisotopic (exact) mass is 394 g/mol. The van der Waals surface area contributed by atoms with Gasteiger partial charge in [0.15, 0.2) is 0 Å². The number of aromatic nitrogens is 2. The van der Waals surface area contributed by atoms with E-state index in [4.69, 9.17) is 5.73 Å². The topological polar surface area (TPSA) is 113 Å². The number of piperidine rings is 1. The minimum atomic E-state index is -0.726. The molecule has 1 aromatic heterocycles. The average molecular weight is 394 g/mol. The largest absolute Gasteiger partial charge is 0.383 e. The highest BCUT2D eigenvalue weighted by molar-refractivity contribution is 6.05. The lowest BCUT2D eigenvalue weighted by Crippen LogP contribution is -2.35. The molecule has 2 aliphatic heterocycles. The quantitative estimate of drug-likeness (QED) is 0.738. The Morgan fingerprint density at radius 3 is 2.66 bits per heavy atom. The summed E-state index contributed by atoms with van der Waals surface area (Å²) in [5, 5.41) is 5.67. The van der Waals surface area contributed by atoms with Gasteiger partial charge in [0.2, 0.25) is 17.8 Å². The van der Waals surface area contributed by atoms with Crippen LogP contribution in [0.4, 0.5) is 23.3 Å². The summed E-state index contributed by atoms with van der Waals surface area (Å²) in [7, 11) is 0. The van der Waals surface area contributed by atoms with Crippen LogP contribution in [0.5, 0.6) is 0 Å². The number of nitrogens with one attached hydrogen (secondary N) is 2. The van der Waals surface area contributed by atoms with E-state index in [1.807, 2.05) is 32.0 Å². The third-order valence-electron chi connectivity index (χ3n) is 5.69. The second kappa shape index (κ2) is 7.69. The van der Waals surface area contributed by atoms with Crippen LogP contribution < -0.4 is 21.3 Å². The van der Waals surface area contributed by atoms with E-state index >= 15 is 0 Å². The second-order valence-electron chi connectivity index (χ2n) is 7.81. The number of amides is 2. The van der Waals surface area contributed by atoms with Crippen molar-refractivity contribution in [1.29, 1.82) is 0 Å². The maximum absolute atomic E-state index is 13.0. The van der Waals surface area contributed by atoms with Gasteiger partial charge in [-0.05, 0) is 56.4 Å². The van der Waals surface area contributed by atoms with Gasteiger partial charge in [-0.3, -0.25) is 9.59 Å². The molecule has 0 radical (unpaired) electrons. The van der Waals surface area contributed by atoms with Crippen LogP contribution in [0.2, 0.25) is 0 Å². The van der Waals surface area contributed by atoms with E-state index in [9.17, 15) is 9.59 Å². The minimum Gasteiger partial charge on any atom is -0.383 e. The Balaban J connectivity index is 1.63. The van der Waals surface area contributed by atoms with Gasteiger partial charge in [0.25, 0.3) is 0 Å². The zero-order valence-electron chi connectivity index (χ0n) is 16.8. The van der Waals surface area contributed by atoms with Crippen LogP contribution in [0.1, 0.15) is 48.3 Å². The number of carbonyl (C=O) groups excluding carboxylic acids is 2. The van der Waals surface area contributed by atoms with E-state index in [-0.39, 0.29) is 24.1 Å². The first-order valence-electron chi connectivity index (χ1n) is 10.0. The van der Waals surface area contributed by atoms with E-state index in [1.165, 1.54) is 6.42 Å². The fourth-order valence-corrected chi connectivity index (χ4v) is 3.89. The molecule has 0 aliphatic carbocycles. The van der Waals surface area contributed by atoms with Gasteiger partial charge in [0.1, 0.15) is 11.6 Å². The Kier molecular flexibility index (Phi) is 5.08. The predicted octanol–water partition coefficient (Wildman–Crippen LogP) is 2.73. The van der Waals surface area contributed by atoms with E-state index in [0.29, 0.717) is 23.0 Å². The Morgan fingerprint density at radius 2 is 1.93 bits per heavy atom. The van der Waals surface area contributed by atoms with E-state index < -0.39 is 5.92 Å². The molecule has 2 aliphatic rings. The molecule has 2 aromatic rings. The van der Waals surface area contributed by atoms with Gasteiger partial charge < -0.3 is 21.3 Å². The summed E-state index contributed by atoms with van der Waals surface area (Å²) in [4.78, 5) is 36.4. The van der Waals surface area contributed by atoms with Crippen LogP contribution in [-0.4, -0.2) is 34.9 Å². The third kappa shape index (κ3) is 3.87. The molecule has 2 amide bonds. The van der Waals surface area contributed by atoms with Gasteiger partial charge in [0.05, 0.1) is 11.5 Å². The lowest BCUT2D eigenvalue weighted by Gasteiger charge is -2.30. The molecule has 1 atom stereocenters. The molecule has 4 rings (SSSR count). The zero-order chi connectivity index (χ0) is 20.5. The highest BCUT2D eigenvalue weighted by Crippen LogP contribution is 2.37. The Hall–Kier alpha value is -3.16. The first-order valence-corrected chi connectivity index (χ1v) is 10.0. The molecule has 0 unspecified atom stereocenters. The maximum atomic E-state index is 13.0. The summed E-state index contributed by atoms with van der Waals surface area (Å²) in [5.74, 6) is -0.164. The molecule has 8 heteroatoms. The Bertz CT molecular complexity index is 968. The Morgan fingerprint density at radius 1 is 1.17 bits per heavy atom. The van der Waals surface area contributed by atoms with Crippen LogP contribution in [0.25, 0.3) is 0 Å². The van der Waals surface area contributed by atoms with Crippen molar-refractivity contribution in [3.05, 3.63) is 34.9 Å². The number of nitrogen functional groups attached to an aromatic ring is 1. The van der Waals surface area contributed by atoms with Crippen molar-refractivity contribution in [2.45, 2.75) is 45.4 Å². The molecule has 3 heterocycles. The zero-order valence-corrected chi connectivity index (χ0v) is 16.8. The lowest BCUT2D eigenvalue weighted by molar-refractivity contribution is -0.123. The van der Waals surface area contributed by atoms with E-state index in [0.717, 1.165) is 37.1 Å². The summed E-state index contributed by atoms with van der Waals surface area (Å²) >= 11 is 0.